The molecule has 0 atom stereocenters. The van der Waals surface area contributed by atoms with E-state index in [1.807, 2.05) is 0 Å². The van der Waals surface area contributed by atoms with E-state index in [9.17, 15) is 4.79 Å². The van der Waals surface area contributed by atoms with E-state index in [-0.39, 0.29) is 5.69 Å². The number of imidazole rings is 1. The number of carbonyl (C=O) groups excluding carboxylic acids is 1. The zero-order chi connectivity index (χ0) is 10.9. The molecule has 0 spiro atoms. The normalized spacial score (nSPS) is 11.4. The Hall–Kier alpha value is -1.52. The topological polar surface area (TPSA) is 70.1 Å². The van der Waals surface area contributed by atoms with Crippen molar-refractivity contribution in [2.45, 2.75) is 26.4 Å². The largest absolute Gasteiger partial charge is 0.455 e. The van der Waals surface area contributed by atoms with Gasteiger partial charge in [-0.15, -0.1) is 0 Å². The number of aromatic nitrogens is 2. The molecule has 0 aliphatic heterocycles. The van der Waals surface area contributed by atoms with Crippen molar-refractivity contribution in [3.63, 3.8) is 0 Å². The van der Waals surface area contributed by atoms with Gasteiger partial charge in [0.2, 0.25) is 5.95 Å². The molecular formula is C9H15N3O2. The Morgan fingerprint density at radius 3 is 2.50 bits per heavy atom. The maximum Gasteiger partial charge on any atom is 0.359 e. The Bertz CT molecular complexity index is 330. The first-order valence-electron chi connectivity index (χ1n) is 4.32. The first kappa shape index (κ1) is 10.6. The average molecular weight is 197 g/mol. The van der Waals surface area contributed by atoms with Crippen molar-refractivity contribution in [3.8, 4) is 0 Å². The van der Waals surface area contributed by atoms with Crippen LogP contribution in [0.5, 0.6) is 0 Å². The highest BCUT2D eigenvalue weighted by atomic mass is 16.6. The van der Waals surface area contributed by atoms with Gasteiger partial charge < -0.3 is 15.0 Å². The van der Waals surface area contributed by atoms with Crippen molar-refractivity contribution in [2.24, 2.45) is 7.05 Å². The lowest BCUT2D eigenvalue weighted by molar-refractivity contribution is 0.00634. The molecule has 0 radical (unpaired) electrons. The van der Waals surface area contributed by atoms with Crippen LogP contribution in [0.3, 0.4) is 0 Å². The van der Waals surface area contributed by atoms with E-state index in [0.29, 0.717) is 5.95 Å². The lowest BCUT2D eigenvalue weighted by atomic mass is 10.2. The first-order chi connectivity index (χ1) is 6.29. The molecule has 1 aromatic heterocycles. The predicted molar refractivity (Wildman–Crippen MR) is 52.8 cm³/mol. The van der Waals surface area contributed by atoms with Crippen LogP contribution in [0.25, 0.3) is 0 Å². The fourth-order valence-electron chi connectivity index (χ4n) is 0.909. The lowest BCUT2D eigenvalue weighted by Gasteiger charge is -2.18. The van der Waals surface area contributed by atoms with E-state index in [4.69, 9.17) is 10.5 Å². The Kier molecular flexibility index (Phi) is 2.51. The van der Waals surface area contributed by atoms with Crippen molar-refractivity contribution in [3.05, 3.63) is 11.9 Å². The van der Waals surface area contributed by atoms with Crippen LogP contribution in [0, 0.1) is 0 Å². The fourth-order valence-corrected chi connectivity index (χ4v) is 0.909. The maximum absolute atomic E-state index is 11.5. The molecule has 0 saturated heterocycles. The van der Waals surface area contributed by atoms with Gasteiger partial charge in [0, 0.05) is 13.2 Å². The monoisotopic (exact) mass is 197 g/mol. The van der Waals surface area contributed by atoms with Gasteiger partial charge in [-0.05, 0) is 20.8 Å². The van der Waals surface area contributed by atoms with Crippen molar-refractivity contribution in [2.75, 3.05) is 5.73 Å². The van der Waals surface area contributed by atoms with Gasteiger partial charge in [-0.3, -0.25) is 0 Å². The average Bonchev–Trinajstić information content (AvgIpc) is 2.28. The third-order valence-electron chi connectivity index (χ3n) is 1.52. The molecule has 1 heterocycles. The number of hydrogen-bond acceptors (Lipinski definition) is 4. The van der Waals surface area contributed by atoms with Gasteiger partial charge in [0.15, 0.2) is 5.69 Å². The lowest BCUT2D eigenvalue weighted by Crippen LogP contribution is -2.24. The van der Waals surface area contributed by atoms with Gasteiger partial charge in [-0.1, -0.05) is 0 Å². The zero-order valence-corrected chi connectivity index (χ0v) is 8.87. The molecule has 5 nitrogen and oxygen atoms in total. The number of nitrogens with two attached hydrogens (primary N) is 1. The summed E-state index contributed by atoms with van der Waals surface area (Å²) in [6, 6.07) is 0. The number of nitrogens with zero attached hydrogens (tertiary/aromatic N) is 2. The summed E-state index contributed by atoms with van der Waals surface area (Å²) in [6.45, 7) is 5.41. The van der Waals surface area contributed by atoms with Crippen LogP contribution < -0.4 is 5.73 Å². The molecule has 78 valence electrons. The Labute approximate surface area is 82.9 Å². The maximum atomic E-state index is 11.5. The number of aryl methyl sites for hydroxylation is 1. The number of nitrogen functional groups attached to an aromatic ring is 1. The van der Waals surface area contributed by atoms with Gasteiger partial charge in [0.25, 0.3) is 0 Å². The molecule has 1 rings (SSSR count). The second kappa shape index (κ2) is 3.32. The molecule has 0 amide bonds. The summed E-state index contributed by atoms with van der Waals surface area (Å²) in [5.74, 6) is -0.157. The molecule has 0 aliphatic carbocycles. The molecule has 14 heavy (non-hydrogen) atoms. The van der Waals surface area contributed by atoms with Crippen LogP contribution in [0.2, 0.25) is 0 Å². The number of carbonyl (C=O) groups is 1. The predicted octanol–water partition coefficient (Wildman–Crippen LogP) is 0.958. The summed E-state index contributed by atoms with van der Waals surface area (Å²) < 4.78 is 6.69. The third kappa shape index (κ3) is 2.48. The van der Waals surface area contributed by atoms with Crippen molar-refractivity contribution in [1.29, 1.82) is 0 Å². The number of hydrogen-bond donors (Lipinski definition) is 1. The van der Waals surface area contributed by atoms with E-state index in [0.717, 1.165) is 0 Å². The quantitative estimate of drug-likeness (QED) is 0.681. The molecule has 1 aromatic rings. The standard InChI is InChI=1S/C9H15N3O2/c1-9(2,3)14-7(13)6-5-12(4)8(10)11-6/h5H,1-4H3,(H2,10,11). The van der Waals surface area contributed by atoms with Gasteiger partial charge in [-0.25, -0.2) is 9.78 Å². The summed E-state index contributed by atoms with van der Waals surface area (Å²) in [4.78, 5) is 15.3. The van der Waals surface area contributed by atoms with Crippen LogP contribution in [0.15, 0.2) is 6.20 Å². The van der Waals surface area contributed by atoms with Crippen LogP contribution in [-0.2, 0) is 11.8 Å². The van der Waals surface area contributed by atoms with Crippen molar-refractivity contribution >= 4 is 11.9 Å². The van der Waals surface area contributed by atoms with E-state index < -0.39 is 11.6 Å². The minimum atomic E-state index is -0.511. The Morgan fingerprint density at radius 2 is 2.14 bits per heavy atom. The number of rotatable bonds is 1. The number of esters is 1. The van der Waals surface area contributed by atoms with Gasteiger partial charge in [0.05, 0.1) is 0 Å². The van der Waals surface area contributed by atoms with Gasteiger partial charge in [0.1, 0.15) is 5.60 Å². The minimum Gasteiger partial charge on any atom is -0.455 e. The molecule has 0 fully saturated rings. The molecule has 5 heteroatoms. The summed E-state index contributed by atoms with van der Waals surface area (Å²) in [5, 5.41) is 0. The summed E-state index contributed by atoms with van der Waals surface area (Å²) in [7, 11) is 1.72. The van der Waals surface area contributed by atoms with Crippen LogP contribution in [0.1, 0.15) is 31.3 Å². The second-order valence-electron chi connectivity index (χ2n) is 4.10. The molecule has 0 aliphatic rings. The molecule has 0 saturated carbocycles. The highest BCUT2D eigenvalue weighted by molar-refractivity contribution is 5.87. The van der Waals surface area contributed by atoms with E-state index in [2.05, 4.69) is 4.98 Å². The van der Waals surface area contributed by atoms with E-state index in [1.54, 1.807) is 38.6 Å². The number of ether oxygens (including phenoxy) is 1. The van der Waals surface area contributed by atoms with Gasteiger partial charge in [-0.2, -0.15) is 0 Å². The third-order valence-corrected chi connectivity index (χ3v) is 1.52. The summed E-state index contributed by atoms with van der Waals surface area (Å²) in [6.07, 6.45) is 1.55. The second-order valence-corrected chi connectivity index (χ2v) is 4.10. The van der Waals surface area contributed by atoms with Crippen LogP contribution >= 0.6 is 0 Å². The van der Waals surface area contributed by atoms with E-state index >= 15 is 0 Å². The van der Waals surface area contributed by atoms with Crippen molar-refractivity contribution in [1.82, 2.24) is 9.55 Å². The van der Waals surface area contributed by atoms with Gasteiger partial charge >= 0.3 is 5.97 Å². The molecular weight excluding hydrogens is 182 g/mol. The smallest absolute Gasteiger partial charge is 0.359 e. The molecule has 2 N–H and O–H groups in total. The highest BCUT2D eigenvalue weighted by Gasteiger charge is 2.20. The SMILES string of the molecule is Cn1cc(C(=O)OC(C)(C)C)nc1N. The van der Waals surface area contributed by atoms with Crippen molar-refractivity contribution < 1.29 is 9.53 Å². The minimum absolute atomic E-state index is 0.236. The van der Waals surface area contributed by atoms with E-state index in [1.165, 1.54) is 0 Å². The number of anilines is 1. The molecule has 0 bridgehead atoms. The zero-order valence-electron chi connectivity index (χ0n) is 8.87. The van der Waals surface area contributed by atoms with Crippen LogP contribution in [0.4, 0.5) is 5.95 Å². The summed E-state index contributed by atoms with van der Waals surface area (Å²) in [5.41, 5.74) is 5.21. The first-order valence-corrected chi connectivity index (χ1v) is 4.32. The Morgan fingerprint density at radius 1 is 1.57 bits per heavy atom. The fraction of sp³-hybridized carbons (Fsp3) is 0.556. The Balaban J connectivity index is 2.80. The molecule has 0 unspecified atom stereocenters. The highest BCUT2D eigenvalue weighted by Crippen LogP contribution is 2.12. The summed E-state index contributed by atoms with van der Waals surface area (Å²) >= 11 is 0. The molecule has 0 aromatic carbocycles. The van der Waals surface area contributed by atoms with Crippen LogP contribution in [-0.4, -0.2) is 21.1 Å².